The van der Waals surface area contributed by atoms with Crippen molar-refractivity contribution in [2.45, 2.75) is 25.4 Å². The van der Waals surface area contributed by atoms with Crippen LogP contribution in [0.2, 0.25) is 0 Å². The number of carboxylic acids is 1. The van der Waals surface area contributed by atoms with E-state index in [1.165, 1.54) is 6.92 Å². The third kappa shape index (κ3) is 5.94. The molecule has 0 aliphatic rings. The minimum absolute atomic E-state index is 0.158. The molecule has 0 aromatic heterocycles. The highest BCUT2D eigenvalue weighted by molar-refractivity contribution is 5.94. The highest BCUT2D eigenvalue weighted by Gasteiger charge is 2.24. The number of benzene rings is 2. The smallest absolute Gasteiger partial charge is 0.326 e. The molecule has 7 nitrogen and oxygen atoms in total. The molecule has 0 fully saturated rings. The zero-order valence-corrected chi connectivity index (χ0v) is 14.3. The first-order valence-corrected chi connectivity index (χ1v) is 8.15. The average Bonchev–Trinajstić information content (AvgIpc) is 2.62. The quantitative estimate of drug-likeness (QED) is 0.609. The van der Waals surface area contributed by atoms with Crippen LogP contribution in [0.4, 0.5) is 10.5 Å². The summed E-state index contributed by atoms with van der Waals surface area (Å²) in [5, 5.41) is 16.9. The second-order valence-corrected chi connectivity index (χ2v) is 5.78. The Morgan fingerprint density at radius 1 is 0.923 bits per heavy atom. The van der Waals surface area contributed by atoms with E-state index in [0.29, 0.717) is 5.69 Å². The van der Waals surface area contributed by atoms with Crippen LogP contribution >= 0.6 is 0 Å². The second kappa shape index (κ2) is 9.22. The van der Waals surface area contributed by atoms with Gasteiger partial charge in [0.1, 0.15) is 12.1 Å². The van der Waals surface area contributed by atoms with E-state index in [2.05, 4.69) is 16.0 Å². The number of para-hydroxylation sites is 1. The summed E-state index contributed by atoms with van der Waals surface area (Å²) in [4.78, 5) is 35.5. The molecule has 0 radical (unpaired) electrons. The number of anilines is 1. The van der Waals surface area contributed by atoms with Crippen LogP contribution in [0.5, 0.6) is 0 Å². The normalized spacial score (nSPS) is 12.5. The van der Waals surface area contributed by atoms with Crippen molar-refractivity contribution in [2.75, 3.05) is 5.32 Å². The van der Waals surface area contributed by atoms with Crippen LogP contribution in [0.1, 0.15) is 12.5 Å². The van der Waals surface area contributed by atoms with Gasteiger partial charge >= 0.3 is 12.0 Å². The van der Waals surface area contributed by atoms with Gasteiger partial charge in [-0.2, -0.15) is 0 Å². The van der Waals surface area contributed by atoms with Crippen molar-refractivity contribution in [1.82, 2.24) is 10.6 Å². The lowest BCUT2D eigenvalue weighted by Gasteiger charge is -2.19. The van der Waals surface area contributed by atoms with Crippen molar-refractivity contribution >= 4 is 23.6 Å². The summed E-state index contributed by atoms with van der Waals surface area (Å²) < 4.78 is 0. The Labute approximate surface area is 151 Å². The molecule has 2 aromatic rings. The molecule has 0 saturated heterocycles. The number of nitrogens with one attached hydrogen (secondary N) is 3. The number of amides is 3. The summed E-state index contributed by atoms with van der Waals surface area (Å²) in [6.07, 6.45) is 0.158. The number of carbonyl (C=O) groups excluding carboxylic acids is 2. The number of carboxylic acid groups (broad SMARTS) is 1. The SMILES string of the molecule is C[C@H](NC(=O)Nc1ccccc1)C(=O)N[C@H](Cc1ccccc1)C(=O)O. The van der Waals surface area contributed by atoms with Crippen LogP contribution < -0.4 is 16.0 Å². The van der Waals surface area contributed by atoms with Gasteiger partial charge in [-0.1, -0.05) is 48.5 Å². The summed E-state index contributed by atoms with van der Waals surface area (Å²) in [5.41, 5.74) is 1.38. The Balaban J connectivity index is 1.89. The fourth-order valence-electron chi connectivity index (χ4n) is 2.30. The number of hydrogen-bond acceptors (Lipinski definition) is 3. The summed E-state index contributed by atoms with van der Waals surface area (Å²) in [6.45, 7) is 1.49. The average molecular weight is 355 g/mol. The molecule has 4 N–H and O–H groups in total. The van der Waals surface area contributed by atoms with E-state index in [4.69, 9.17) is 0 Å². The zero-order valence-electron chi connectivity index (χ0n) is 14.3. The van der Waals surface area contributed by atoms with Crippen LogP contribution in [-0.2, 0) is 16.0 Å². The molecule has 0 aliphatic carbocycles. The Bertz CT molecular complexity index is 750. The van der Waals surface area contributed by atoms with Gasteiger partial charge in [0.05, 0.1) is 0 Å². The molecule has 3 amide bonds. The summed E-state index contributed by atoms with van der Waals surface area (Å²) in [7, 11) is 0. The number of aliphatic carboxylic acids is 1. The Hall–Kier alpha value is -3.35. The number of hydrogen-bond donors (Lipinski definition) is 4. The molecule has 136 valence electrons. The Kier molecular flexibility index (Phi) is 6.73. The maximum Gasteiger partial charge on any atom is 0.326 e. The summed E-state index contributed by atoms with van der Waals surface area (Å²) >= 11 is 0. The van der Waals surface area contributed by atoms with Crippen molar-refractivity contribution < 1.29 is 19.5 Å². The predicted octanol–water partition coefficient (Wildman–Crippen LogP) is 2.01. The molecule has 26 heavy (non-hydrogen) atoms. The van der Waals surface area contributed by atoms with Gasteiger partial charge in [-0.05, 0) is 24.6 Å². The molecular formula is C19H21N3O4. The van der Waals surface area contributed by atoms with Crippen molar-refractivity contribution in [2.24, 2.45) is 0 Å². The van der Waals surface area contributed by atoms with E-state index in [-0.39, 0.29) is 6.42 Å². The van der Waals surface area contributed by atoms with E-state index in [9.17, 15) is 19.5 Å². The third-order valence-corrected chi connectivity index (χ3v) is 3.67. The van der Waals surface area contributed by atoms with Crippen molar-refractivity contribution in [3.05, 3.63) is 66.2 Å². The molecule has 2 rings (SSSR count). The minimum atomic E-state index is -1.14. The van der Waals surface area contributed by atoms with Gasteiger partial charge in [0.2, 0.25) is 5.91 Å². The first-order chi connectivity index (χ1) is 12.5. The molecule has 0 saturated carbocycles. The monoisotopic (exact) mass is 355 g/mol. The second-order valence-electron chi connectivity index (χ2n) is 5.78. The molecule has 0 unspecified atom stereocenters. The van der Waals surface area contributed by atoms with E-state index in [1.807, 2.05) is 12.1 Å². The molecule has 2 aromatic carbocycles. The van der Waals surface area contributed by atoms with E-state index in [1.54, 1.807) is 48.5 Å². The lowest BCUT2D eigenvalue weighted by Crippen LogP contribution is -2.51. The Morgan fingerprint density at radius 2 is 1.50 bits per heavy atom. The van der Waals surface area contributed by atoms with Crippen molar-refractivity contribution in [1.29, 1.82) is 0 Å². The van der Waals surface area contributed by atoms with E-state index >= 15 is 0 Å². The maximum atomic E-state index is 12.2. The van der Waals surface area contributed by atoms with E-state index in [0.717, 1.165) is 5.56 Å². The molecular weight excluding hydrogens is 334 g/mol. The molecule has 0 spiro atoms. The predicted molar refractivity (Wildman–Crippen MR) is 97.8 cm³/mol. The molecule has 7 heteroatoms. The topological polar surface area (TPSA) is 108 Å². The van der Waals surface area contributed by atoms with E-state index < -0.39 is 30.0 Å². The van der Waals surface area contributed by atoms with Gasteiger partial charge < -0.3 is 21.1 Å². The summed E-state index contributed by atoms with van der Waals surface area (Å²) in [5.74, 6) is -1.71. The van der Waals surface area contributed by atoms with Gasteiger partial charge in [0.15, 0.2) is 0 Å². The minimum Gasteiger partial charge on any atom is -0.480 e. The van der Waals surface area contributed by atoms with Crippen LogP contribution in [-0.4, -0.2) is 35.1 Å². The van der Waals surface area contributed by atoms with Gasteiger partial charge in [0.25, 0.3) is 0 Å². The fraction of sp³-hybridized carbons (Fsp3) is 0.211. The number of rotatable bonds is 7. The molecule has 2 atom stereocenters. The van der Waals surface area contributed by atoms with Gasteiger partial charge in [0, 0.05) is 12.1 Å². The summed E-state index contributed by atoms with van der Waals surface area (Å²) in [6, 6.07) is 15.3. The highest BCUT2D eigenvalue weighted by Crippen LogP contribution is 2.05. The first-order valence-electron chi connectivity index (χ1n) is 8.15. The lowest BCUT2D eigenvalue weighted by molar-refractivity contribution is -0.142. The fourth-order valence-corrected chi connectivity index (χ4v) is 2.30. The van der Waals surface area contributed by atoms with Crippen molar-refractivity contribution in [3.63, 3.8) is 0 Å². The van der Waals surface area contributed by atoms with Gasteiger partial charge in [-0.25, -0.2) is 9.59 Å². The first kappa shape index (κ1) is 19.0. The zero-order chi connectivity index (χ0) is 18.9. The highest BCUT2D eigenvalue weighted by atomic mass is 16.4. The molecule has 0 bridgehead atoms. The van der Waals surface area contributed by atoms with Crippen LogP contribution in [0, 0.1) is 0 Å². The third-order valence-electron chi connectivity index (χ3n) is 3.67. The van der Waals surface area contributed by atoms with Gasteiger partial charge in [-0.15, -0.1) is 0 Å². The van der Waals surface area contributed by atoms with Crippen LogP contribution in [0.15, 0.2) is 60.7 Å². The lowest BCUT2D eigenvalue weighted by atomic mass is 10.1. The largest absolute Gasteiger partial charge is 0.480 e. The standard InChI is InChI=1S/C19H21N3O4/c1-13(20-19(26)21-15-10-6-3-7-11-15)17(23)22-16(18(24)25)12-14-8-4-2-5-9-14/h2-11,13,16H,12H2,1H3,(H,22,23)(H,24,25)(H2,20,21,26)/t13-,16+/m0/s1. The molecule has 0 heterocycles. The number of urea groups is 1. The molecule has 0 aliphatic heterocycles. The van der Waals surface area contributed by atoms with Crippen LogP contribution in [0.3, 0.4) is 0 Å². The Morgan fingerprint density at radius 3 is 2.08 bits per heavy atom. The van der Waals surface area contributed by atoms with Gasteiger partial charge in [-0.3, -0.25) is 4.79 Å². The van der Waals surface area contributed by atoms with Crippen LogP contribution in [0.25, 0.3) is 0 Å². The number of carbonyl (C=O) groups is 3. The van der Waals surface area contributed by atoms with Crippen molar-refractivity contribution in [3.8, 4) is 0 Å². The maximum absolute atomic E-state index is 12.2.